The monoisotopic (exact) mass is 350 g/mol. The van der Waals surface area contributed by atoms with Crippen LogP contribution < -0.4 is 5.32 Å². The van der Waals surface area contributed by atoms with E-state index in [1.54, 1.807) is 4.90 Å². The fraction of sp³-hybridized carbons (Fsp3) is 0.700. The number of carbonyl (C=O) groups is 2. The van der Waals surface area contributed by atoms with Gasteiger partial charge in [0.15, 0.2) is 0 Å². The highest BCUT2D eigenvalue weighted by Gasteiger charge is 2.52. The molecule has 2 rings (SSSR count). The van der Waals surface area contributed by atoms with Gasteiger partial charge in [-0.3, -0.25) is 9.69 Å². The highest BCUT2D eigenvalue weighted by atomic mass is 16.6. The van der Waals surface area contributed by atoms with Crippen molar-refractivity contribution in [2.45, 2.75) is 84.0 Å². The number of fused-ring (bicyclic) bond motifs is 2. The van der Waals surface area contributed by atoms with Crippen LogP contribution in [0.15, 0.2) is 24.3 Å². The zero-order chi connectivity index (χ0) is 18.8. The molecule has 1 aliphatic heterocycles. The van der Waals surface area contributed by atoms with Crippen molar-refractivity contribution in [3.63, 3.8) is 0 Å². The summed E-state index contributed by atoms with van der Waals surface area (Å²) in [5.41, 5.74) is 0.544. The molecule has 1 N–H and O–H groups in total. The number of amides is 2. The molecule has 1 saturated carbocycles. The van der Waals surface area contributed by atoms with E-state index in [4.69, 9.17) is 4.74 Å². The van der Waals surface area contributed by atoms with Gasteiger partial charge < -0.3 is 10.1 Å². The Morgan fingerprint density at radius 3 is 2.64 bits per heavy atom. The van der Waals surface area contributed by atoms with Crippen LogP contribution >= 0.6 is 0 Å². The number of ether oxygens (including phenoxy) is 1. The summed E-state index contributed by atoms with van der Waals surface area (Å²) in [6, 6.07) is -0.282. The lowest BCUT2D eigenvalue weighted by atomic mass is 9.97. The van der Waals surface area contributed by atoms with Gasteiger partial charge >= 0.3 is 6.09 Å². The van der Waals surface area contributed by atoms with Crippen molar-refractivity contribution in [3.05, 3.63) is 24.3 Å². The van der Waals surface area contributed by atoms with Gasteiger partial charge in [-0.05, 0) is 66.2 Å². The van der Waals surface area contributed by atoms with Crippen molar-refractivity contribution in [1.29, 1.82) is 0 Å². The van der Waals surface area contributed by atoms with E-state index in [9.17, 15) is 9.59 Å². The molecule has 5 heteroatoms. The summed E-state index contributed by atoms with van der Waals surface area (Å²) in [4.78, 5) is 27.2. The van der Waals surface area contributed by atoms with Crippen LogP contribution in [0.4, 0.5) is 4.79 Å². The second-order valence-electron chi connectivity index (χ2n) is 8.24. The average molecular weight is 351 g/mol. The molecule has 1 unspecified atom stereocenters. The average Bonchev–Trinajstić information content (AvgIpc) is 3.11. The van der Waals surface area contributed by atoms with E-state index in [0.29, 0.717) is 0 Å². The molecule has 1 saturated heterocycles. The van der Waals surface area contributed by atoms with Crippen LogP contribution in [0.1, 0.15) is 61.7 Å². The Labute approximate surface area is 153 Å². The Hall–Kier alpha value is -1.78. The minimum absolute atomic E-state index is 0. The number of nitrogens with zero attached hydrogens (tertiary/aromatic N) is 1. The van der Waals surface area contributed by atoms with Gasteiger partial charge in [0.2, 0.25) is 5.91 Å². The molecule has 0 aromatic heterocycles. The molecule has 0 spiro atoms. The van der Waals surface area contributed by atoms with Gasteiger partial charge in [0.25, 0.3) is 0 Å². The van der Waals surface area contributed by atoms with E-state index >= 15 is 0 Å². The maximum Gasteiger partial charge on any atom is 0.411 e. The maximum atomic E-state index is 12.9. The van der Waals surface area contributed by atoms with E-state index in [1.807, 2.05) is 46.8 Å². The SMILES string of the molecule is C=C/C(=C\C)C[C@@H](C)NC(=O)[C@@H]1[C@H]2CCC(C2)N1C(=O)OC(C)(C)C.[HH]. The van der Waals surface area contributed by atoms with Crippen molar-refractivity contribution in [1.82, 2.24) is 10.2 Å². The predicted octanol–water partition coefficient (Wildman–Crippen LogP) is 4.05. The Bertz CT molecular complexity index is 568. The Balaban J connectivity index is 0.00000338. The minimum Gasteiger partial charge on any atom is -0.444 e. The van der Waals surface area contributed by atoms with Crippen molar-refractivity contribution >= 4 is 12.0 Å². The van der Waals surface area contributed by atoms with E-state index in [0.717, 1.165) is 31.3 Å². The van der Waals surface area contributed by atoms with E-state index in [2.05, 4.69) is 11.9 Å². The number of hydrogen-bond acceptors (Lipinski definition) is 3. The van der Waals surface area contributed by atoms with Crippen LogP contribution in [0.3, 0.4) is 0 Å². The Kier molecular flexibility index (Phi) is 5.96. The molecule has 25 heavy (non-hydrogen) atoms. The fourth-order valence-corrected chi connectivity index (χ4v) is 3.95. The Morgan fingerprint density at radius 2 is 2.08 bits per heavy atom. The summed E-state index contributed by atoms with van der Waals surface area (Å²) in [7, 11) is 0. The second kappa shape index (κ2) is 7.63. The molecule has 2 aliphatic rings. The molecule has 142 valence electrons. The molecule has 2 amide bonds. The number of rotatable bonds is 5. The molecule has 0 radical (unpaired) electrons. The summed E-state index contributed by atoms with van der Waals surface area (Å²) in [6.07, 6.45) is 7.05. The lowest BCUT2D eigenvalue weighted by Gasteiger charge is -2.36. The third-order valence-corrected chi connectivity index (χ3v) is 5.02. The van der Waals surface area contributed by atoms with E-state index in [-0.39, 0.29) is 31.4 Å². The largest absolute Gasteiger partial charge is 0.444 e. The van der Waals surface area contributed by atoms with Crippen LogP contribution in [0.2, 0.25) is 0 Å². The smallest absolute Gasteiger partial charge is 0.411 e. The van der Waals surface area contributed by atoms with E-state index < -0.39 is 11.6 Å². The zero-order valence-electron chi connectivity index (χ0n) is 16.2. The molecule has 2 fully saturated rings. The third kappa shape index (κ3) is 4.65. The van der Waals surface area contributed by atoms with Gasteiger partial charge in [-0.2, -0.15) is 0 Å². The van der Waals surface area contributed by atoms with Crippen LogP contribution in [0, 0.1) is 5.92 Å². The predicted molar refractivity (Wildman–Crippen MR) is 101 cm³/mol. The van der Waals surface area contributed by atoms with Crippen molar-refractivity contribution < 1.29 is 15.8 Å². The standard InChI is InChI=1S/C20H32N2O3.H2/c1-7-14(8-2)11-13(3)21-18(23)17-15-9-10-16(12-15)22(17)19(24)25-20(4,5)6;/h7-8,13,15-17H,1,9-12H2,2-6H3,(H,21,23);1H/b14-8+;/t13-,15+,16?,17+;/m1./s1. The fourth-order valence-electron chi connectivity index (χ4n) is 3.95. The highest BCUT2D eigenvalue weighted by molar-refractivity contribution is 5.87. The molecular weight excluding hydrogens is 316 g/mol. The highest BCUT2D eigenvalue weighted by Crippen LogP contribution is 2.43. The molecule has 2 bridgehead atoms. The van der Waals surface area contributed by atoms with Gasteiger partial charge in [-0.15, -0.1) is 0 Å². The van der Waals surface area contributed by atoms with Crippen LogP contribution in [-0.4, -0.2) is 40.6 Å². The molecular formula is C20H34N2O3. The van der Waals surface area contributed by atoms with Crippen molar-refractivity contribution in [2.24, 2.45) is 5.92 Å². The van der Waals surface area contributed by atoms with Crippen molar-refractivity contribution in [2.75, 3.05) is 0 Å². The van der Waals surface area contributed by atoms with E-state index in [1.165, 1.54) is 0 Å². The number of piperidine rings is 1. The topological polar surface area (TPSA) is 58.6 Å². The summed E-state index contributed by atoms with van der Waals surface area (Å²) in [5, 5.41) is 3.08. The summed E-state index contributed by atoms with van der Waals surface area (Å²) < 4.78 is 5.54. The van der Waals surface area contributed by atoms with Crippen molar-refractivity contribution in [3.8, 4) is 0 Å². The van der Waals surface area contributed by atoms with Gasteiger partial charge in [0, 0.05) is 13.5 Å². The summed E-state index contributed by atoms with van der Waals surface area (Å²) in [5.74, 6) is 0.176. The first-order valence-corrected chi connectivity index (χ1v) is 9.25. The molecule has 0 aromatic rings. The normalized spacial score (nSPS) is 27.2. The summed E-state index contributed by atoms with van der Waals surface area (Å²) in [6.45, 7) is 13.3. The third-order valence-electron chi connectivity index (χ3n) is 5.02. The van der Waals surface area contributed by atoms with Gasteiger partial charge in [-0.25, -0.2) is 4.79 Å². The lowest BCUT2D eigenvalue weighted by Crippen LogP contribution is -2.55. The number of nitrogens with one attached hydrogen (secondary N) is 1. The first kappa shape index (κ1) is 19.5. The minimum atomic E-state index is -0.558. The molecule has 4 atom stereocenters. The number of allylic oxidation sites excluding steroid dienone is 2. The molecule has 0 aromatic carbocycles. The zero-order valence-corrected chi connectivity index (χ0v) is 16.2. The first-order valence-electron chi connectivity index (χ1n) is 9.25. The van der Waals surface area contributed by atoms with Gasteiger partial charge in [0.1, 0.15) is 11.6 Å². The molecule has 1 aliphatic carbocycles. The lowest BCUT2D eigenvalue weighted by molar-refractivity contribution is -0.128. The van der Waals surface area contributed by atoms with Crippen LogP contribution in [0.25, 0.3) is 0 Å². The summed E-state index contributed by atoms with van der Waals surface area (Å²) >= 11 is 0. The maximum absolute atomic E-state index is 12.9. The van der Waals surface area contributed by atoms with Gasteiger partial charge in [0.05, 0.1) is 0 Å². The number of hydrogen-bond donors (Lipinski definition) is 1. The second-order valence-corrected chi connectivity index (χ2v) is 8.24. The number of carbonyl (C=O) groups excluding carboxylic acids is 2. The van der Waals surface area contributed by atoms with Crippen LogP contribution in [0.5, 0.6) is 0 Å². The molecule has 1 heterocycles. The Morgan fingerprint density at radius 1 is 1.40 bits per heavy atom. The van der Waals surface area contributed by atoms with Crippen LogP contribution in [-0.2, 0) is 9.53 Å². The quantitative estimate of drug-likeness (QED) is 0.761. The van der Waals surface area contributed by atoms with Gasteiger partial charge in [-0.1, -0.05) is 24.3 Å². The number of likely N-dealkylation sites (tertiary alicyclic amines) is 1. The molecule has 5 nitrogen and oxygen atoms in total. The first-order chi connectivity index (χ1) is 11.7.